The highest BCUT2D eigenvalue weighted by Gasteiger charge is 2.53. The van der Waals surface area contributed by atoms with Gasteiger partial charge in [-0.1, -0.05) is 15.3 Å². The fourth-order valence-corrected chi connectivity index (χ4v) is 4.49. The van der Waals surface area contributed by atoms with E-state index in [2.05, 4.69) is 30.1 Å². The van der Waals surface area contributed by atoms with Crippen LogP contribution in [0.5, 0.6) is 0 Å². The fraction of sp³-hybridized carbons (Fsp3) is 1.00. The van der Waals surface area contributed by atoms with Gasteiger partial charge in [0.1, 0.15) is 42.7 Å². The van der Waals surface area contributed by atoms with Crippen molar-refractivity contribution in [2.75, 3.05) is 13.2 Å². The lowest BCUT2D eigenvalue weighted by Crippen LogP contribution is -2.63. The van der Waals surface area contributed by atoms with Crippen LogP contribution in [0.2, 0.25) is 0 Å². The lowest BCUT2D eigenvalue weighted by molar-refractivity contribution is -0.310. The largest absolute Gasteiger partial charge is 0.394 e. The summed E-state index contributed by atoms with van der Waals surface area (Å²) in [5, 5.41) is 81.1. The molecule has 206 valence electrons. The number of aliphatic hydroxyl groups is 7. The van der Waals surface area contributed by atoms with Crippen LogP contribution in [0, 0.1) is 0 Å². The molecule has 0 amide bonds. The lowest BCUT2D eigenvalue weighted by atomic mass is 9.84. The lowest BCUT2D eigenvalue weighted by Gasteiger charge is -2.46. The number of ether oxygens (including phenoxy) is 4. The Morgan fingerprint density at radius 2 is 1.16 bits per heavy atom. The molecular weight excluding hydrogens is 506 g/mol. The summed E-state index contributed by atoms with van der Waals surface area (Å²) in [4.78, 5) is 7.96. The van der Waals surface area contributed by atoms with Crippen molar-refractivity contribution in [3.8, 4) is 0 Å². The van der Waals surface area contributed by atoms with Gasteiger partial charge in [-0.3, -0.25) is 0 Å². The summed E-state index contributed by atoms with van der Waals surface area (Å²) in [6.45, 7) is -1.45. The molecule has 2 heterocycles. The summed E-state index contributed by atoms with van der Waals surface area (Å²) in [7, 11) is 0. The van der Waals surface area contributed by atoms with E-state index < -0.39 is 98.9 Å². The number of azide groups is 3. The second-order valence-corrected chi connectivity index (χ2v) is 8.58. The molecule has 7 N–H and O–H groups in total. The number of hydrogen-bond donors (Lipinski definition) is 7. The van der Waals surface area contributed by atoms with Crippen molar-refractivity contribution >= 4 is 0 Å². The van der Waals surface area contributed by atoms with Crippen LogP contribution in [0.15, 0.2) is 15.3 Å². The van der Waals surface area contributed by atoms with Crippen molar-refractivity contribution < 1.29 is 54.7 Å². The van der Waals surface area contributed by atoms with E-state index in [0.29, 0.717) is 0 Å². The van der Waals surface area contributed by atoms with Crippen LogP contribution in [-0.4, -0.2) is 135 Å². The summed E-state index contributed by atoms with van der Waals surface area (Å²) in [5.41, 5.74) is 26.9. The molecule has 0 aromatic rings. The Morgan fingerprint density at radius 1 is 0.649 bits per heavy atom. The maximum atomic E-state index is 10.9. The predicted octanol–water partition coefficient (Wildman–Crippen LogP) is -2.56. The summed E-state index contributed by atoms with van der Waals surface area (Å²) in [5.74, 6) is 0. The first-order valence-corrected chi connectivity index (χ1v) is 11.1. The predicted molar refractivity (Wildman–Crippen MR) is 115 cm³/mol. The average molecular weight is 533 g/mol. The van der Waals surface area contributed by atoms with E-state index in [-0.39, 0.29) is 6.42 Å². The molecule has 1 saturated carbocycles. The highest BCUT2D eigenvalue weighted by molar-refractivity contribution is 5.04. The zero-order chi connectivity index (χ0) is 27.3. The van der Waals surface area contributed by atoms with Gasteiger partial charge in [-0.15, -0.1) is 0 Å². The summed E-state index contributed by atoms with van der Waals surface area (Å²) in [6.07, 6.45) is -17.6. The van der Waals surface area contributed by atoms with Gasteiger partial charge in [0.15, 0.2) is 12.6 Å². The van der Waals surface area contributed by atoms with Crippen LogP contribution in [0.1, 0.15) is 6.42 Å². The molecule has 0 bridgehead atoms. The normalized spacial score (nSPS) is 45.8. The van der Waals surface area contributed by atoms with Crippen molar-refractivity contribution in [2.45, 2.75) is 92.1 Å². The summed E-state index contributed by atoms with van der Waals surface area (Å²) < 4.78 is 22.3. The molecule has 0 unspecified atom stereocenters. The number of rotatable bonds is 9. The van der Waals surface area contributed by atoms with Crippen molar-refractivity contribution in [3.05, 3.63) is 31.3 Å². The van der Waals surface area contributed by atoms with Gasteiger partial charge >= 0.3 is 0 Å². The Bertz CT molecular complexity index is 930. The van der Waals surface area contributed by atoms with Gasteiger partial charge in [0.05, 0.1) is 43.6 Å². The summed E-state index contributed by atoms with van der Waals surface area (Å²) >= 11 is 0. The molecule has 0 aromatic heterocycles. The molecule has 3 rings (SSSR count). The standard InChI is InChI=1S/C17H27N9O11/c18-24-21-4-1-5(22-25-19)14(15(9(4)29)37-17-13(33)11(31)7(3-28)35-17)36-16-8(23-26-20)12(32)10(30)6(2-27)34-16/h4-17,27-33H,1-3H2/t4-,5+,6-,7-,8-,9+,10-,11-,12-,13-,14-,15-,16-,17+/m1/s1. The minimum atomic E-state index is -1.76. The second kappa shape index (κ2) is 12.8. The minimum Gasteiger partial charge on any atom is -0.394 e. The molecule has 20 nitrogen and oxygen atoms in total. The Kier molecular flexibility index (Phi) is 10.1. The van der Waals surface area contributed by atoms with Gasteiger partial charge in [0, 0.05) is 14.7 Å². The molecule has 0 radical (unpaired) electrons. The highest BCUT2D eigenvalue weighted by atomic mass is 16.7. The molecule has 2 saturated heterocycles. The SMILES string of the molecule is [N-]=[N+]=N[C@H]1[C@@H](O[C@H]2[C@H](O[C@@H]3O[C@H](CO)[C@@H](O)[C@H]3O)[C@@H](O)[C@H](N=[N+]=[N-])C[C@@H]2N=[N+]=[N-])O[C@H](CO)[C@@H](O)[C@@H]1O. The molecule has 3 aliphatic rings. The van der Waals surface area contributed by atoms with Gasteiger partial charge in [0.2, 0.25) is 0 Å². The van der Waals surface area contributed by atoms with E-state index >= 15 is 0 Å². The first kappa shape index (κ1) is 29.1. The van der Waals surface area contributed by atoms with Crippen LogP contribution in [0.4, 0.5) is 0 Å². The minimum absolute atomic E-state index is 0.261. The highest BCUT2D eigenvalue weighted by Crippen LogP contribution is 2.36. The van der Waals surface area contributed by atoms with Crippen LogP contribution in [0.25, 0.3) is 31.3 Å². The molecule has 37 heavy (non-hydrogen) atoms. The maximum Gasteiger partial charge on any atom is 0.187 e. The van der Waals surface area contributed by atoms with Crippen LogP contribution >= 0.6 is 0 Å². The molecule has 2 aliphatic heterocycles. The number of nitrogens with zero attached hydrogens (tertiary/aromatic N) is 9. The Labute approximate surface area is 207 Å². The first-order valence-electron chi connectivity index (χ1n) is 11.1. The zero-order valence-corrected chi connectivity index (χ0v) is 19.0. The molecule has 1 aliphatic carbocycles. The van der Waals surface area contributed by atoms with Gasteiger partial charge in [-0.2, -0.15) is 0 Å². The third kappa shape index (κ3) is 5.99. The van der Waals surface area contributed by atoms with Crippen LogP contribution < -0.4 is 0 Å². The molecule has 14 atom stereocenters. The van der Waals surface area contributed by atoms with E-state index in [1.165, 1.54) is 0 Å². The fourth-order valence-electron chi connectivity index (χ4n) is 4.49. The Morgan fingerprint density at radius 3 is 1.73 bits per heavy atom. The second-order valence-electron chi connectivity index (χ2n) is 8.58. The molecule has 3 fully saturated rings. The number of aliphatic hydroxyl groups excluding tert-OH is 7. The van der Waals surface area contributed by atoms with Crippen molar-refractivity contribution in [1.82, 2.24) is 0 Å². The summed E-state index contributed by atoms with van der Waals surface area (Å²) in [6, 6.07) is -4.03. The maximum absolute atomic E-state index is 10.9. The van der Waals surface area contributed by atoms with Gasteiger partial charge in [-0.05, 0) is 23.0 Å². The zero-order valence-electron chi connectivity index (χ0n) is 19.0. The monoisotopic (exact) mass is 533 g/mol. The van der Waals surface area contributed by atoms with E-state index in [9.17, 15) is 35.7 Å². The van der Waals surface area contributed by atoms with E-state index in [4.69, 9.17) is 35.5 Å². The van der Waals surface area contributed by atoms with Crippen LogP contribution in [-0.2, 0) is 18.9 Å². The van der Waals surface area contributed by atoms with Gasteiger partial charge < -0.3 is 54.7 Å². The topological polar surface area (TPSA) is 325 Å². The number of hydrogen-bond acceptors (Lipinski definition) is 14. The molecule has 20 heteroatoms. The van der Waals surface area contributed by atoms with Crippen molar-refractivity contribution in [2.24, 2.45) is 15.3 Å². The Balaban J connectivity index is 1.97. The smallest absolute Gasteiger partial charge is 0.187 e. The van der Waals surface area contributed by atoms with Crippen molar-refractivity contribution in [3.63, 3.8) is 0 Å². The molecule has 0 spiro atoms. The third-order valence-corrected chi connectivity index (χ3v) is 6.43. The van der Waals surface area contributed by atoms with Crippen LogP contribution in [0.3, 0.4) is 0 Å². The average Bonchev–Trinajstić information content (AvgIpc) is 3.16. The molecule has 0 aromatic carbocycles. The van der Waals surface area contributed by atoms with E-state index in [1.54, 1.807) is 0 Å². The first-order chi connectivity index (χ1) is 17.7. The van der Waals surface area contributed by atoms with Crippen molar-refractivity contribution in [1.29, 1.82) is 0 Å². The van der Waals surface area contributed by atoms with E-state index in [0.717, 1.165) is 0 Å². The van der Waals surface area contributed by atoms with Gasteiger partial charge in [-0.25, -0.2) is 0 Å². The molecular formula is C17H27N9O11. The third-order valence-electron chi connectivity index (χ3n) is 6.43. The van der Waals surface area contributed by atoms with E-state index in [1.807, 2.05) is 0 Å². The quantitative estimate of drug-likeness (QED) is 0.0917. The van der Waals surface area contributed by atoms with Gasteiger partial charge in [0.25, 0.3) is 0 Å². The Hall–Kier alpha value is -2.51.